The van der Waals surface area contributed by atoms with Crippen LogP contribution in [0.4, 0.5) is 0 Å². The van der Waals surface area contributed by atoms with Crippen molar-refractivity contribution in [1.29, 1.82) is 0 Å². The molecule has 0 aliphatic rings. The van der Waals surface area contributed by atoms with Gasteiger partial charge in [0.05, 0.1) is 12.6 Å². The van der Waals surface area contributed by atoms with Gasteiger partial charge in [0.25, 0.3) is 0 Å². The Kier molecular flexibility index (Phi) is 12.8. The van der Waals surface area contributed by atoms with E-state index in [4.69, 9.17) is 17.2 Å². The van der Waals surface area contributed by atoms with Crippen molar-refractivity contribution in [3.63, 3.8) is 0 Å². The summed E-state index contributed by atoms with van der Waals surface area (Å²) in [6.45, 7) is 3.45. The topological polar surface area (TPSA) is 215 Å². The lowest BCUT2D eigenvalue weighted by Gasteiger charge is -2.25. The van der Waals surface area contributed by atoms with Crippen molar-refractivity contribution in [2.75, 3.05) is 13.1 Å². The summed E-state index contributed by atoms with van der Waals surface area (Å²) in [6.07, 6.45) is 1.31. The highest BCUT2D eigenvalue weighted by atomic mass is 16.4. The third-order valence-electron chi connectivity index (χ3n) is 5.43. The number of amides is 3. The van der Waals surface area contributed by atoms with Gasteiger partial charge in [-0.2, -0.15) is 0 Å². The summed E-state index contributed by atoms with van der Waals surface area (Å²) in [5.74, 6) is -3.32. The van der Waals surface area contributed by atoms with E-state index in [1.165, 1.54) is 0 Å². The molecule has 1 rings (SSSR count). The van der Waals surface area contributed by atoms with Crippen molar-refractivity contribution < 1.29 is 24.3 Å². The van der Waals surface area contributed by atoms with Crippen molar-refractivity contribution in [3.8, 4) is 0 Å². The fourth-order valence-corrected chi connectivity index (χ4v) is 3.21. The Labute approximate surface area is 205 Å². The standard InChI is InChI=1S/C23H37N7O5/c1-3-14(2)19(21(33)29-17(22(34)35)10-7-11-27-23(25)26)30-18(31)13-28-20(32)16(24)12-15-8-5-4-6-9-15/h4-6,8-9,14,16-17,19H,3,7,10-13,24H2,1-2H3,(H,28,32)(H,29,33)(H,30,31)(H,34,35)(H4,25,26,27). The summed E-state index contributed by atoms with van der Waals surface area (Å²) in [4.78, 5) is 52.9. The van der Waals surface area contributed by atoms with Gasteiger partial charge in [-0.3, -0.25) is 19.4 Å². The number of nitrogens with one attached hydrogen (secondary N) is 3. The fraction of sp³-hybridized carbons (Fsp3) is 0.522. The molecule has 0 spiro atoms. The Bertz CT molecular complexity index is 874. The van der Waals surface area contributed by atoms with Gasteiger partial charge in [0, 0.05) is 6.54 Å². The maximum atomic E-state index is 12.8. The molecule has 0 aliphatic heterocycles. The number of nitrogens with zero attached hydrogens (tertiary/aromatic N) is 1. The highest BCUT2D eigenvalue weighted by Gasteiger charge is 2.29. The number of carboxylic acids is 1. The zero-order valence-electron chi connectivity index (χ0n) is 20.2. The minimum atomic E-state index is -1.21. The van der Waals surface area contributed by atoms with Gasteiger partial charge in [-0.1, -0.05) is 50.6 Å². The van der Waals surface area contributed by atoms with Gasteiger partial charge in [-0.25, -0.2) is 4.79 Å². The van der Waals surface area contributed by atoms with Gasteiger partial charge in [0.1, 0.15) is 12.1 Å². The normalized spacial score (nSPS) is 14.0. The Morgan fingerprint density at radius 1 is 1.06 bits per heavy atom. The number of rotatable bonds is 15. The molecule has 0 saturated heterocycles. The van der Waals surface area contributed by atoms with Crippen LogP contribution in [0.25, 0.3) is 0 Å². The highest BCUT2D eigenvalue weighted by molar-refractivity contribution is 5.92. The Balaban J connectivity index is 2.65. The maximum absolute atomic E-state index is 12.8. The number of carbonyl (C=O) groups is 4. The lowest BCUT2D eigenvalue weighted by molar-refractivity contribution is -0.142. The van der Waals surface area contributed by atoms with Gasteiger partial charge in [0.2, 0.25) is 17.7 Å². The molecule has 0 heterocycles. The second-order valence-corrected chi connectivity index (χ2v) is 8.29. The third-order valence-corrected chi connectivity index (χ3v) is 5.43. The molecular formula is C23H37N7O5. The highest BCUT2D eigenvalue weighted by Crippen LogP contribution is 2.09. The minimum absolute atomic E-state index is 0.103. The van der Waals surface area contributed by atoms with Crippen molar-refractivity contribution in [2.45, 2.75) is 57.7 Å². The fourth-order valence-electron chi connectivity index (χ4n) is 3.21. The number of hydrogen-bond donors (Lipinski definition) is 7. The molecule has 4 unspecified atom stereocenters. The van der Waals surface area contributed by atoms with Crippen LogP contribution in [0.5, 0.6) is 0 Å². The molecule has 1 aromatic carbocycles. The summed E-state index contributed by atoms with van der Waals surface area (Å²) < 4.78 is 0. The minimum Gasteiger partial charge on any atom is -0.480 e. The van der Waals surface area contributed by atoms with Crippen LogP contribution >= 0.6 is 0 Å². The molecule has 12 nitrogen and oxygen atoms in total. The molecule has 0 fully saturated rings. The molecule has 0 bridgehead atoms. The van der Waals surface area contributed by atoms with Crippen LogP contribution in [0.1, 0.15) is 38.7 Å². The van der Waals surface area contributed by atoms with Crippen LogP contribution in [-0.2, 0) is 25.6 Å². The summed E-state index contributed by atoms with van der Waals surface area (Å²) in [5, 5.41) is 17.0. The number of aliphatic imine (C=N–C) groups is 1. The third kappa shape index (κ3) is 11.3. The number of carbonyl (C=O) groups excluding carboxylic acids is 3. The van der Waals surface area contributed by atoms with Crippen LogP contribution < -0.4 is 33.2 Å². The smallest absolute Gasteiger partial charge is 0.326 e. The zero-order valence-corrected chi connectivity index (χ0v) is 20.2. The SMILES string of the molecule is CCC(C)C(NC(=O)CNC(=O)C(N)Cc1ccccc1)C(=O)NC(CCCN=C(N)N)C(=O)O. The Morgan fingerprint density at radius 3 is 2.29 bits per heavy atom. The first-order chi connectivity index (χ1) is 16.5. The van der Waals surface area contributed by atoms with Gasteiger partial charge in [-0.15, -0.1) is 0 Å². The predicted molar refractivity (Wildman–Crippen MR) is 132 cm³/mol. The number of carboxylic acid groups (broad SMARTS) is 1. The van der Waals surface area contributed by atoms with E-state index in [1.54, 1.807) is 6.92 Å². The van der Waals surface area contributed by atoms with Crippen molar-refractivity contribution in [1.82, 2.24) is 16.0 Å². The largest absolute Gasteiger partial charge is 0.480 e. The van der Waals surface area contributed by atoms with Crippen molar-refractivity contribution in [2.24, 2.45) is 28.1 Å². The van der Waals surface area contributed by atoms with Crippen LogP contribution in [-0.4, -0.2) is 66.0 Å². The molecule has 12 heteroatoms. The van der Waals surface area contributed by atoms with Crippen LogP contribution in [0.15, 0.2) is 35.3 Å². The van der Waals surface area contributed by atoms with E-state index in [0.29, 0.717) is 19.3 Å². The van der Waals surface area contributed by atoms with E-state index >= 15 is 0 Å². The predicted octanol–water partition coefficient (Wildman–Crippen LogP) is -1.17. The van der Waals surface area contributed by atoms with E-state index in [0.717, 1.165) is 5.56 Å². The molecule has 0 aliphatic carbocycles. The average Bonchev–Trinajstić information content (AvgIpc) is 2.82. The number of nitrogens with two attached hydrogens (primary N) is 3. The Hall–Kier alpha value is -3.67. The summed E-state index contributed by atoms with van der Waals surface area (Å²) >= 11 is 0. The van der Waals surface area contributed by atoms with Gasteiger partial charge in [-0.05, 0) is 30.7 Å². The lowest BCUT2D eigenvalue weighted by atomic mass is 9.97. The lowest BCUT2D eigenvalue weighted by Crippen LogP contribution is -2.56. The molecular weight excluding hydrogens is 454 g/mol. The maximum Gasteiger partial charge on any atom is 0.326 e. The second kappa shape index (κ2) is 15.3. The number of hydrogen-bond acceptors (Lipinski definition) is 6. The molecule has 0 radical (unpaired) electrons. The van der Waals surface area contributed by atoms with E-state index in [1.807, 2.05) is 37.3 Å². The monoisotopic (exact) mass is 491 g/mol. The quantitative estimate of drug-likeness (QED) is 0.0898. The number of aliphatic carboxylic acids is 1. The van der Waals surface area contributed by atoms with Gasteiger partial charge < -0.3 is 38.3 Å². The van der Waals surface area contributed by atoms with Gasteiger partial charge in [0.15, 0.2) is 5.96 Å². The number of benzene rings is 1. The molecule has 0 aromatic heterocycles. The second-order valence-electron chi connectivity index (χ2n) is 8.29. The molecule has 35 heavy (non-hydrogen) atoms. The first-order valence-electron chi connectivity index (χ1n) is 11.5. The van der Waals surface area contributed by atoms with E-state index < -0.39 is 41.8 Å². The molecule has 4 atom stereocenters. The summed E-state index contributed by atoms with van der Waals surface area (Å²) in [6, 6.07) is 6.24. The zero-order chi connectivity index (χ0) is 26.4. The molecule has 10 N–H and O–H groups in total. The van der Waals surface area contributed by atoms with E-state index in [2.05, 4.69) is 20.9 Å². The van der Waals surface area contributed by atoms with E-state index in [9.17, 15) is 24.3 Å². The van der Waals surface area contributed by atoms with Crippen LogP contribution in [0.2, 0.25) is 0 Å². The van der Waals surface area contributed by atoms with Crippen LogP contribution in [0.3, 0.4) is 0 Å². The molecule has 3 amide bonds. The van der Waals surface area contributed by atoms with Gasteiger partial charge >= 0.3 is 5.97 Å². The summed E-state index contributed by atoms with van der Waals surface area (Å²) in [7, 11) is 0. The first-order valence-corrected chi connectivity index (χ1v) is 11.5. The Morgan fingerprint density at radius 2 is 1.71 bits per heavy atom. The first kappa shape index (κ1) is 29.4. The van der Waals surface area contributed by atoms with Crippen molar-refractivity contribution in [3.05, 3.63) is 35.9 Å². The molecule has 0 saturated carbocycles. The average molecular weight is 492 g/mol. The molecule has 194 valence electrons. The number of guanidine groups is 1. The van der Waals surface area contributed by atoms with E-state index in [-0.39, 0.29) is 31.4 Å². The summed E-state index contributed by atoms with van der Waals surface area (Å²) in [5.41, 5.74) is 17.3. The molecule has 1 aromatic rings. The van der Waals surface area contributed by atoms with Crippen molar-refractivity contribution >= 4 is 29.7 Å². The van der Waals surface area contributed by atoms with Crippen LogP contribution in [0, 0.1) is 5.92 Å².